The molecule has 0 N–H and O–H groups in total. The number of ether oxygens (including phenoxy) is 1. The molecule has 0 bridgehead atoms. The van der Waals surface area contributed by atoms with Crippen LogP contribution in [0.4, 0.5) is 0 Å². The summed E-state index contributed by atoms with van der Waals surface area (Å²) < 4.78 is 10.5. The Balaban J connectivity index is 1.51. The second kappa shape index (κ2) is 9.79. The van der Waals surface area contributed by atoms with Gasteiger partial charge in [-0.05, 0) is 37.8 Å². The fourth-order valence-electron chi connectivity index (χ4n) is 4.39. The monoisotopic (exact) mass is 361 g/mol. The van der Waals surface area contributed by atoms with Crippen LogP contribution in [0.2, 0.25) is 0 Å². The molecule has 1 aromatic rings. The van der Waals surface area contributed by atoms with E-state index in [4.69, 9.17) is 9.15 Å². The van der Waals surface area contributed by atoms with Crippen LogP contribution in [-0.4, -0.2) is 35.5 Å². The molecule has 0 atom stereocenters. The van der Waals surface area contributed by atoms with Gasteiger partial charge >= 0.3 is 5.97 Å². The van der Waals surface area contributed by atoms with Gasteiger partial charge < -0.3 is 14.1 Å². The minimum absolute atomic E-state index is 0.00449. The first-order chi connectivity index (χ1) is 12.7. The molecule has 0 spiro atoms. The van der Waals surface area contributed by atoms with Gasteiger partial charge in [0.05, 0.1) is 12.7 Å². The summed E-state index contributed by atoms with van der Waals surface area (Å²) in [5.74, 6) is 0.427. The van der Waals surface area contributed by atoms with Gasteiger partial charge in [-0.3, -0.25) is 9.59 Å². The third-order valence-corrected chi connectivity index (χ3v) is 5.74. The minimum Gasteiger partial charge on any atom is -0.469 e. The molecule has 2 saturated carbocycles. The van der Waals surface area contributed by atoms with Crippen LogP contribution in [0.1, 0.15) is 76.4 Å². The summed E-state index contributed by atoms with van der Waals surface area (Å²) in [6.45, 7) is -0.121. The SMILES string of the molecule is O=C(CCc1ccco1)OCC(=O)N(C1CCCCC1)C1CCCCC1. The molecule has 0 radical (unpaired) electrons. The van der Waals surface area contributed by atoms with E-state index in [1.807, 2.05) is 6.07 Å². The predicted octanol–water partition coefficient (Wildman–Crippen LogP) is 4.25. The first-order valence-electron chi connectivity index (χ1n) is 10.2. The van der Waals surface area contributed by atoms with Crippen LogP contribution in [0.15, 0.2) is 22.8 Å². The van der Waals surface area contributed by atoms with Gasteiger partial charge in [-0.15, -0.1) is 0 Å². The highest BCUT2D eigenvalue weighted by Gasteiger charge is 2.32. The highest BCUT2D eigenvalue weighted by Crippen LogP contribution is 2.30. The molecule has 2 fully saturated rings. The van der Waals surface area contributed by atoms with Gasteiger partial charge in [-0.25, -0.2) is 0 Å². The Morgan fingerprint density at radius 1 is 1.00 bits per heavy atom. The quantitative estimate of drug-likeness (QED) is 0.681. The molecule has 5 heteroatoms. The van der Waals surface area contributed by atoms with E-state index < -0.39 is 0 Å². The van der Waals surface area contributed by atoms with Crippen molar-refractivity contribution in [2.24, 2.45) is 0 Å². The standard InChI is InChI=1S/C21H31NO4/c23-20(16-26-21(24)14-13-19-12-7-15-25-19)22(17-8-3-1-4-9-17)18-10-5-2-6-11-18/h7,12,15,17-18H,1-6,8-11,13-14,16H2. The summed E-state index contributed by atoms with van der Waals surface area (Å²) in [7, 11) is 0. The molecular formula is C21H31NO4. The van der Waals surface area contributed by atoms with Gasteiger partial charge in [0.1, 0.15) is 5.76 Å². The zero-order chi connectivity index (χ0) is 18.2. The summed E-state index contributed by atoms with van der Waals surface area (Å²) in [6.07, 6.45) is 14.0. The van der Waals surface area contributed by atoms with Crippen LogP contribution in [0, 0.1) is 0 Å². The lowest BCUT2D eigenvalue weighted by atomic mass is 9.88. The Hall–Kier alpha value is -1.78. The van der Waals surface area contributed by atoms with E-state index in [9.17, 15) is 9.59 Å². The van der Waals surface area contributed by atoms with E-state index in [-0.39, 0.29) is 24.9 Å². The van der Waals surface area contributed by atoms with Crippen molar-refractivity contribution in [3.05, 3.63) is 24.2 Å². The van der Waals surface area contributed by atoms with Crippen molar-refractivity contribution in [2.75, 3.05) is 6.61 Å². The van der Waals surface area contributed by atoms with E-state index in [1.54, 1.807) is 12.3 Å². The molecule has 0 aliphatic heterocycles. The van der Waals surface area contributed by atoms with Crippen molar-refractivity contribution in [3.63, 3.8) is 0 Å². The number of carbonyl (C=O) groups is 2. The molecule has 0 saturated heterocycles. The zero-order valence-electron chi connectivity index (χ0n) is 15.7. The second-order valence-corrected chi connectivity index (χ2v) is 7.62. The number of hydrogen-bond acceptors (Lipinski definition) is 4. The van der Waals surface area contributed by atoms with Crippen molar-refractivity contribution in [3.8, 4) is 0 Å². The van der Waals surface area contributed by atoms with Crippen molar-refractivity contribution in [1.82, 2.24) is 4.90 Å². The van der Waals surface area contributed by atoms with Gasteiger partial charge in [0.15, 0.2) is 6.61 Å². The molecule has 1 amide bonds. The van der Waals surface area contributed by atoms with Gasteiger partial charge in [-0.1, -0.05) is 38.5 Å². The first kappa shape index (κ1) is 19.0. The van der Waals surface area contributed by atoms with Crippen LogP contribution in [0.3, 0.4) is 0 Å². The number of furan rings is 1. The summed E-state index contributed by atoms with van der Waals surface area (Å²) in [5.41, 5.74) is 0. The van der Waals surface area contributed by atoms with Crippen molar-refractivity contribution in [2.45, 2.75) is 89.1 Å². The fraction of sp³-hybridized carbons (Fsp3) is 0.714. The summed E-state index contributed by atoms with van der Waals surface area (Å²) in [6, 6.07) is 4.31. The van der Waals surface area contributed by atoms with Crippen molar-refractivity contribution in [1.29, 1.82) is 0 Å². The Bertz CT molecular complexity index is 539. The van der Waals surface area contributed by atoms with E-state index >= 15 is 0 Å². The second-order valence-electron chi connectivity index (χ2n) is 7.62. The zero-order valence-corrected chi connectivity index (χ0v) is 15.7. The third-order valence-electron chi connectivity index (χ3n) is 5.74. The molecular weight excluding hydrogens is 330 g/mol. The Kier molecular flexibility index (Phi) is 7.15. The summed E-state index contributed by atoms with van der Waals surface area (Å²) in [5, 5.41) is 0. The van der Waals surface area contributed by atoms with Crippen LogP contribution in [-0.2, 0) is 20.7 Å². The normalized spacial score (nSPS) is 19.2. The maximum atomic E-state index is 12.9. The number of carbonyl (C=O) groups excluding carboxylic acids is 2. The number of rotatable bonds is 7. The number of hydrogen-bond donors (Lipinski definition) is 0. The van der Waals surface area contributed by atoms with E-state index in [1.165, 1.54) is 38.5 Å². The van der Waals surface area contributed by atoms with Gasteiger partial charge in [0, 0.05) is 18.5 Å². The van der Waals surface area contributed by atoms with Gasteiger partial charge in [0.25, 0.3) is 5.91 Å². The van der Waals surface area contributed by atoms with Crippen LogP contribution < -0.4 is 0 Å². The number of esters is 1. The smallest absolute Gasteiger partial charge is 0.306 e. The topological polar surface area (TPSA) is 59.8 Å². The molecule has 2 aliphatic carbocycles. The molecule has 144 valence electrons. The number of amides is 1. The van der Waals surface area contributed by atoms with Crippen LogP contribution in [0.5, 0.6) is 0 Å². The molecule has 0 unspecified atom stereocenters. The first-order valence-corrected chi connectivity index (χ1v) is 10.2. The van der Waals surface area contributed by atoms with Gasteiger partial charge in [-0.2, -0.15) is 0 Å². The van der Waals surface area contributed by atoms with Crippen molar-refractivity contribution >= 4 is 11.9 Å². The highest BCUT2D eigenvalue weighted by atomic mass is 16.5. The van der Waals surface area contributed by atoms with Crippen LogP contribution in [0.25, 0.3) is 0 Å². The maximum Gasteiger partial charge on any atom is 0.306 e. The lowest BCUT2D eigenvalue weighted by Gasteiger charge is -2.41. The van der Waals surface area contributed by atoms with E-state index in [2.05, 4.69) is 4.90 Å². The summed E-state index contributed by atoms with van der Waals surface area (Å²) in [4.78, 5) is 27.0. The minimum atomic E-state index is -0.331. The largest absolute Gasteiger partial charge is 0.469 e. The van der Waals surface area contributed by atoms with E-state index in [0.29, 0.717) is 18.5 Å². The van der Waals surface area contributed by atoms with Crippen molar-refractivity contribution < 1.29 is 18.7 Å². The molecule has 3 rings (SSSR count). The van der Waals surface area contributed by atoms with Crippen LogP contribution >= 0.6 is 0 Å². The molecule has 1 heterocycles. The number of aryl methyl sites for hydroxylation is 1. The molecule has 5 nitrogen and oxygen atoms in total. The fourth-order valence-corrected chi connectivity index (χ4v) is 4.39. The Labute approximate surface area is 156 Å². The summed E-state index contributed by atoms with van der Waals surface area (Å²) >= 11 is 0. The average Bonchev–Trinajstić information content (AvgIpc) is 3.20. The lowest BCUT2D eigenvalue weighted by molar-refractivity contribution is -0.155. The Morgan fingerprint density at radius 2 is 1.62 bits per heavy atom. The molecule has 0 aromatic carbocycles. The van der Waals surface area contributed by atoms with Gasteiger partial charge in [0.2, 0.25) is 0 Å². The Morgan fingerprint density at radius 3 is 2.15 bits per heavy atom. The molecule has 1 aromatic heterocycles. The lowest BCUT2D eigenvalue weighted by Crippen LogP contribution is -2.50. The molecule has 26 heavy (non-hydrogen) atoms. The predicted molar refractivity (Wildman–Crippen MR) is 98.6 cm³/mol. The molecule has 2 aliphatic rings. The third kappa shape index (κ3) is 5.36. The highest BCUT2D eigenvalue weighted by molar-refractivity contribution is 5.81. The number of nitrogens with zero attached hydrogens (tertiary/aromatic N) is 1. The average molecular weight is 361 g/mol. The van der Waals surface area contributed by atoms with E-state index in [0.717, 1.165) is 31.4 Å². The maximum absolute atomic E-state index is 12.9.